The van der Waals surface area contributed by atoms with E-state index in [1.54, 1.807) is 6.92 Å². The van der Waals surface area contributed by atoms with Gasteiger partial charge in [0.15, 0.2) is 0 Å². The number of nitrogens with one attached hydrogen (secondary N) is 2. The zero-order valence-electron chi connectivity index (χ0n) is 15.4. The number of fused-ring (bicyclic) bond motifs is 1. The summed E-state index contributed by atoms with van der Waals surface area (Å²) in [5.41, 5.74) is 1.21. The van der Waals surface area contributed by atoms with Crippen LogP contribution in [0.15, 0.2) is 11.9 Å². The minimum Gasteiger partial charge on any atom is -0.369 e. The Morgan fingerprint density at radius 1 is 1.36 bits per heavy atom. The van der Waals surface area contributed by atoms with Gasteiger partial charge in [0.1, 0.15) is 24.1 Å². The first-order valence-corrected chi connectivity index (χ1v) is 9.93. The van der Waals surface area contributed by atoms with Gasteiger partial charge in [-0.05, 0) is 31.7 Å². The van der Waals surface area contributed by atoms with Crippen molar-refractivity contribution < 1.29 is 18.0 Å². The van der Waals surface area contributed by atoms with Gasteiger partial charge in [0, 0.05) is 19.4 Å². The van der Waals surface area contributed by atoms with Crippen LogP contribution >= 0.6 is 12.6 Å². The van der Waals surface area contributed by atoms with Crippen molar-refractivity contribution in [1.82, 2.24) is 10.6 Å². The number of hydrogen-bond donors (Lipinski definition) is 3. The van der Waals surface area contributed by atoms with E-state index in [4.69, 9.17) is 17.4 Å². The van der Waals surface area contributed by atoms with Gasteiger partial charge in [0.25, 0.3) is 0 Å². The van der Waals surface area contributed by atoms with Crippen LogP contribution in [0.5, 0.6) is 0 Å². The molecule has 0 aromatic carbocycles. The molecule has 25 heavy (non-hydrogen) atoms. The third kappa shape index (κ3) is 3.57. The second kappa shape index (κ2) is 7.71. The van der Waals surface area contributed by atoms with Crippen LogP contribution in [0.3, 0.4) is 0 Å². The molecular formula is C18H32F2N3OS+. The molecule has 0 aromatic heterocycles. The molecule has 4 nitrogen and oxygen atoms in total. The molecule has 2 aliphatic heterocycles. The van der Waals surface area contributed by atoms with Crippen molar-refractivity contribution in [2.24, 2.45) is 11.8 Å². The maximum Gasteiger partial charge on any atom is 0.212 e. The largest absolute Gasteiger partial charge is 0.369 e. The van der Waals surface area contributed by atoms with E-state index in [9.17, 15) is 8.78 Å². The second-order valence-electron chi connectivity index (χ2n) is 8.11. The maximum atomic E-state index is 14.7. The quantitative estimate of drug-likeness (QED) is 0.521. The molecule has 0 radical (unpaired) electrons. The Morgan fingerprint density at radius 3 is 2.84 bits per heavy atom. The number of likely N-dealkylation sites (N-methyl/N-ethyl adjacent to an activating group) is 1. The highest BCUT2D eigenvalue weighted by molar-refractivity contribution is 7.80. The highest BCUT2D eigenvalue weighted by Gasteiger charge is 2.52. The van der Waals surface area contributed by atoms with Crippen LogP contribution < -0.4 is 10.6 Å². The summed E-state index contributed by atoms with van der Waals surface area (Å²) in [5, 5.41) is 6.50. The molecule has 1 saturated heterocycles. The summed E-state index contributed by atoms with van der Waals surface area (Å²) in [5.74, 6) is -0.334. The van der Waals surface area contributed by atoms with Gasteiger partial charge in [0.05, 0.1) is 26.0 Å². The smallest absolute Gasteiger partial charge is 0.212 e. The average molecular weight is 377 g/mol. The molecule has 3 rings (SSSR count). The molecule has 3 aliphatic rings. The SMILES string of the molecule is CNCCC1=CNC(S)[N+]1(C)[C@H]1COC2C(CC(F)C[C@H](C)C2F)C1. The van der Waals surface area contributed by atoms with E-state index in [-0.39, 0.29) is 23.4 Å². The lowest BCUT2D eigenvalue weighted by Gasteiger charge is -2.47. The lowest BCUT2D eigenvalue weighted by molar-refractivity contribution is -0.907. The molecule has 8 atom stereocenters. The molecule has 2 N–H and O–H groups in total. The Morgan fingerprint density at radius 2 is 2.12 bits per heavy atom. The Bertz CT molecular complexity index is 509. The summed E-state index contributed by atoms with van der Waals surface area (Å²) < 4.78 is 35.7. The summed E-state index contributed by atoms with van der Waals surface area (Å²) >= 11 is 4.74. The van der Waals surface area contributed by atoms with Crippen LogP contribution in [-0.2, 0) is 4.74 Å². The van der Waals surface area contributed by atoms with E-state index in [1.165, 1.54) is 5.70 Å². The van der Waals surface area contributed by atoms with Gasteiger partial charge >= 0.3 is 0 Å². The maximum absolute atomic E-state index is 14.7. The van der Waals surface area contributed by atoms with E-state index in [0.29, 0.717) is 23.9 Å². The summed E-state index contributed by atoms with van der Waals surface area (Å²) in [4.78, 5) is 0. The fourth-order valence-electron chi connectivity index (χ4n) is 4.77. The molecule has 144 valence electrons. The normalized spacial score (nSPS) is 47.6. The Balaban J connectivity index is 1.77. The third-order valence-electron chi connectivity index (χ3n) is 6.48. The van der Waals surface area contributed by atoms with Gasteiger partial charge in [0.2, 0.25) is 5.50 Å². The zero-order chi connectivity index (χ0) is 18.2. The summed E-state index contributed by atoms with van der Waals surface area (Å²) in [6.45, 7) is 3.19. The molecule has 0 amide bonds. The number of alkyl halides is 2. The molecule has 1 saturated carbocycles. The van der Waals surface area contributed by atoms with Crippen molar-refractivity contribution in [3.8, 4) is 0 Å². The lowest BCUT2D eigenvalue weighted by atomic mass is 9.85. The van der Waals surface area contributed by atoms with E-state index in [2.05, 4.69) is 17.7 Å². The molecule has 1 aliphatic carbocycles. The molecule has 0 bridgehead atoms. The number of thiol groups is 1. The Hall–Kier alpha value is -0.370. The van der Waals surface area contributed by atoms with E-state index in [1.807, 2.05) is 13.2 Å². The molecule has 2 fully saturated rings. The number of hydrogen-bond acceptors (Lipinski definition) is 4. The van der Waals surface area contributed by atoms with Gasteiger partial charge in [-0.1, -0.05) is 19.6 Å². The molecule has 2 heterocycles. The molecule has 0 spiro atoms. The van der Waals surface area contributed by atoms with Crippen LogP contribution in [0.1, 0.15) is 32.6 Å². The number of halogens is 2. The molecule has 6 unspecified atom stereocenters. The first kappa shape index (κ1) is 19.4. The summed E-state index contributed by atoms with van der Waals surface area (Å²) in [6, 6.07) is 0.162. The van der Waals surface area contributed by atoms with Crippen molar-refractivity contribution in [2.45, 2.75) is 62.6 Å². The predicted octanol–water partition coefficient (Wildman–Crippen LogP) is 2.58. The fourth-order valence-corrected chi connectivity index (χ4v) is 5.18. The van der Waals surface area contributed by atoms with Gasteiger partial charge in [-0.3, -0.25) is 4.48 Å². The van der Waals surface area contributed by atoms with E-state index >= 15 is 0 Å². The zero-order valence-corrected chi connectivity index (χ0v) is 16.3. The second-order valence-corrected chi connectivity index (χ2v) is 8.60. The number of rotatable bonds is 4. The van der Waals surface area contributed by atoms with Crippen molar-refractivity contribution >= 4 is 12.6 Å². The standard InChI is InChI=1S/C18H31F2N3OS/c1-11-6-13(19)7-12-8-15(10-24-17(12)16(11)20)23(3)14(4-5-21-2)9-22-18(23)25/h9,11-13,15-18,21-22H,4-8,10H2,1-3H3/p+1/t11-,12?,13?,15+,16?,17?,18?,23?/m0/s1. The first-order chi connectivity index (χ1) is 11.9. The van der Waals surface area contributed by atoms with Crippen LogP contribution in [0.25, 0.3) is 0 Å². The third-order valence-corrected chi connectivity index (χ3v) is 7.11. The monoisotopic (exact) mass is 376 g/mol. The highest BCUT2D eigenvalue weighted by Crippen LogP contribution is 2.43. The summed E-state index contributed by atoms with van der Waals surface area (Å²) in [7, 11) is 4.10. The van der Waals surface area contributed by atoms with Gasteiger partial charge in [-0.2, -0.15) is 0 Å². The van der Waals surface area contributed by atoms with Crippen LogP contribution in [-0.4, -0.2) is 61.7 Å². The highest BCUT2D eigenvalue weighted by atomic mass is 32.1. The van der Waals surface area contributed by atoms with Gasteiger partial charge < -0.3 is 15.4 Å². The number of quaternary nitrogens is 1. The van der Waals surface area contributed by atoms with Crippen molar-refractivity contribution in [2.75, 3.05) is 27.2 Å². The van der Waals surface area contributed by atoms with E-state index in [0.717, 1.165) is 19.4 Å². The van der Waals surface area contributed by atoms with Gasteiger partial charge in [-0.25, -0.2) is 8.78 Å². The topological polar surface area (TPSA) is 33.3 Å². The average Bonchev–Trinajstić information content (AvgIpc) is 2.82. The van der Waals surface area contributed by atoms with Crippen molar-refractivity contribution in [3.05, 3.63) is 11.9 Å². The molecular weight excluding hydrogens is 344 g/mol. The minimum absolute atomic E-state index is 0.0518. The predicted molar refractivity (Wildman–Crippen MR) is 98.5 cm³/mol. The van der Waals surface area contributed by atoms with Crippen LogP contribution in [0.2, 0.25) is 0 Å². The minimum atomic E-state index is -1.07. The van der Waals surface area contributed by atoms with Crippen LogP contribution in [0, 0.1) is 11.8 Å². The summed E-state index contributed by atoms with van der Waals surface area (Å²) in [6.07, 6.45) is 1.99. The van der Waals surface area contributed by atoms with Crippen molar-refractivity contribution in [1.29, 1.82) is 0 Å². The number of ether oxygens (including phenoxy) is 1. The first-order valence-electron chi connectivity index (χ1n) is 9.41. The fraction of sp³-hybridized carbons (Fsp3) is 0.889. The number of nitrogens with zero attached hydrogens (tertiary/aromatic N) is 1. The molecule has 7 heteroatoms. The van der Waals surface area contributed by atoms with Crippen molar-refractivity contribution in [3.63, 3.8) is 0 Å². The Kier molecular flexibility index (Phi) is 5.98. The Labute approximate surface area is 155 Å². The van der Waals surface area contributed by atoms with Gasteiger partial charge in [-0.15, -0.1) is 0 Å². The van der Waals surface area contributed by atoms with Crippen LogP contribution in [0.4, 0.5) is 8.78 Å². The van der Waals surface area contributed by atoms with E-state index < -0.39 is 18.4 Å². The molecule has 0 aromatic rings. The lowest BCUT2D eigenvalue weighted by Crippen LogP contribution is -2.61.